The van der Waals surface area contributed by atoms with Gasteiger partial charge in [0.15, 0.2) is 5.78 Å². The quantitative estimate of drug-likeness (QED) is 0.567. The molecule has 2 heterocycles. The Morgan fingerprint density at radius 3 is 2.19 bits per heavy atom. The van der Waals surface area contributed by atoms with Gasteiger partial charge in [-0.15, -0.1) is 0 Å². The van der Waals surface area contributed by atoms with Crippen molar-refractivity contribution >= 4 is 11.8 Å². The molecule has 0 atom stereocenters. The number of carboxylic acids is 1. The first-order chi connectivity index (χ1) is 14.6. The van der Waals surface area contributed by atoms with Crippen molar-refractivity contribution in [3.05, 3.63) is 66.5 Å². The van der Waals surface area contributed by atoms with E-state index >= 15 is 0 Å². The number of allylic oxidation sites excluding steroid dienone is 1. The Balaban J connectivity index is 0.000000423. The number of carboxylic acid groups (broad SMARTS) is 1. The highest BCUT2D eigenvalue weighted by Gasteiger charge is 2.38. The lowest BCUT2D eigenvalue weighted by atomic mass is 10.2. The van der Waals surface area contributed by atoms with Crippen molar-refractivity contribution < 1.29 is 32.6 Å². The van der Waals surface area contributed by atoms with Crippen LogP contribution in [0.2, 0.25) is 0 Å². The Bertz CT molecular complexity index is 879. The highest BCUT2D eigenvalue weighted by atomic mass is 19.4. The van der Waals surface area contributed by atoms with Gasteiger partial charge in [0.1, 0.15) is 5.75 Å². The molecule has 1 N–H and O–H groups in total. The SMILES string of the molecule is CN1CCN(C=CC(=O)c2ccc(Oc3ccccc3)nc2)CC1.O=C(O)C(F)(F)F. The van der Waals surface area contributed by atoms with Crippen LogP contribution in [0.4, 0.5) is 13.2 Å². The number of piperazine rings is 1. The second-order valence-electron chi connectivity index (χ2n) is 6.62. The molecule has 0 aliphatic carbocycles. The fourth-order valence-electron chi connectivity index (χ4n) is 2.44. The fourth-order valence-corrected chi connectivity index (χ4v) is 2.44. The number of pyridine rings is 1. The number of aliphatic carboxylic acids is 1. The summed E-state index contributed by atoms with van der Waals surface area (Å²) >= 11 is 0. The van der Waals surface area contributed by atoms with Gasteiger partial charge in [-0.3, -0.25) is 4.79 Å². The van der Waals surface area contributed by atoms with Crippen molar-refractivity contribution in [2.24, 2.45) is 0 Å². The molecule has 0 spiro atoms. The molecule has 0 unspecified atom stereocenters. The summed E-state index contributed by atoms with van der Waals surface area (Å²) in [7, 11) is 2.11. The number of likely N-dealkylation sites (N-methyl/N-ethyl adjacent to an activating group) is 1. The summed E-state index contributed by atoms with van der Waals surface area (Å²) in [6, 6.07) is 12.9. The molecule has 7 nitrogen and oxygen atoms in total. The van der Waals surface area contributed by atoms with Crippen LogP contribution >= 0.6 is 0 Å². The number of aromatic nitrogens is 1. The zero-order valence-corrected chi connectivity index (χ0v) is 16.7. The third-order valence-electron chi connectivity index (χ3n) is 4.20. The molecule has 31 heavy (non-hydrogen) atoms. The number of carbonyl (C=O) groups excluding carboxylic acids is 1. The van der Waals surface area contributed by atoms with E-state index in [2.05, 4.69) is 21.8 Å². The Morgan fingerprint density at radius 1 is 1.06 bits per heavy atom. The van der Waals surface area contributed by atoms with Gasteiger partial charge in [-0.25, -0.2) is 9.78 Å². The van der Waals surface area contributed by atoms with Crippen LogP contribution in [-0.2, 0) is 4.79 Å². The summed E-state index contributed by atoms with van der Waals surface area (Å²) < 4.78 is 37.4. The molecule has 3 rings (SSSR count). The number of halogens is 3. The van der Waals surface area contributed by atoms with Crippen molar-refractivity contribution in [1.29, 1.82) is 0 Å². The van der Waals surface area contributed by atoms with Crippen LogP contribution in [-0.4, -0.2) is 71.0 Å². The van der Waals surface area contributed by atoms with Crippen LogP contribution in [0.15, 0.2) is 60.9 Å². The first-order valence-corrected chi connectivity index (χ1v) is 9.29. The molecule has 166 valence electrons. The van der Waals surface area contributed by atoms with Crippen LogP contribution in [0.1, 0.15) is 10.4 Å². The molecule has 10 heteroatoms. The number of ether oxygens (including phenoxy) is 1. The zero-order chi connectivity index (χ0) is 22.9. The largest absolute Gasteiger partial charge is 0.490 e. The molecular formula is C21H22F3N3O4. The highest BCUT2D eigenvalue weighted by molar-refractivity contribution is 6.04. The van der Waals surface area contributed by atoms with E-state index in [4.69, 9.17) is 14.6 Å². The van der Waals surface area contributed by atoms with E-state index in [0.717, 1.165) is 31.9 Å². The predicted octanol–water partition coefficient (Wildman–Crippen LogP) is 3.45. The highest BCUT2D eigenvalue weighted by Crippen LogP contribution is 2.18. The van der Waals surface area contributed by atoms with E-state index in [-0.39, 0.29) is 5.78 Å². The van der Waals surface area contributed by atoms with E-state index in [0.29, 0.717) is 11.4 Å². The smallest absolute Gasteiger partial charge is 0.475 e. The standard InChI is InChI=1S/C19H21N3O2.C2HF3O2/c1-21-11-13-22(14-12-21)10-9-18(23)16-7-8-19(20-15-16)24-17-5-3-2-4-6-17;3-2(4,5)1(6)7/h2-10,15H,11-14H2,1H3;(H,6,7). The Morgan fingerprint density at radius 2 is 1.68 bits per heavy atom. The maximum Gasteiger partial charge on any atom is 0.490 e. The van der Waals surface area contributed by atoms with Gasteiger partial charge >= 0.3 is 12.1 Å². The molecule has 1 saturated heterocycles. The summed E-state index contributed by atoms with van der Waals surface area (Å²) in [5, 5.41) is 7.12. The molecule has 1 aromatic heterocycles. The summed E-state index contributed by atoms with van der Waals surface area (Å²) in [6.07, 6.45) is -0.0430. The number of alkyl halides is 3. The topological polar surface area (TPSA) is 83.0 Å². The van der Waals surface area contributed by atoms with Crippen molar-refractivity contribution in [2.75, 3.05) is 33.2 Å². The summed E-state index contributed by atoms with van der Waals surface area (Å²) in [6.45, 7) is 3.93. The van der Waals surface area contributed by atoms with E-state index in [1.807, 2.05) is 36.5 Å². The van der Waals surface area contributed by atoms with Gasteiger partial charge in [-0.2, -0.15) is 13.2 Å². The average molecular weight is 437 g/mol. The number of rotatable bonds is 5. The number of benzene rings is 1. The maximum absolute atomic E-state index is 12.2. The minimum atomic E-state index is -5.08. The first kappa shape index (κ1) is 23.9. The molecule has 0 saturated carbocycles. The van der Waals surface area contributed by atoms with Gasteiger partial charge in [0.05, 0.1) is 0 Å². The van der Waals surface area contributed by atoms with Crippen molar-refractivity contribution in [3.63, 3.8) is 0 Å². The van der Waals surface area contributed by atoms with Gasteiger partial charge in [-0.05, 0) is 25.2 Å². The first-order valence-electron chi connectivity index (χ1n) is 9.29. The van der Waals surface area contributed by atoms with Crippen molar-refractivity contribution in [2.45, 2.75) is 6.18 Å². The zero-order valence-electron chi connectivity index (χ0n) is 16.7. The molecule has 1 aliphatic heterocycles. The van der Waals surface area contributed by atoms with Crippen LogP contribution in [0, 0.1) is 0 Å². The lowest BCUT2D eigenvalue weighted by molar-refractivity contribution is -0.192. The normalized spacial score (nSPS) is 14.6. The maximum atomic E-state index is 12.2. The van der Waals surface area contributed by atoms with E-state index in [1.165, 1.54) is 0 Å². The lowest BCUT2D eigenvalue weighted by Gasteiger charge is -2.31. The number of carbonyl (C=O) groups is 2. The second kappa shape index (κ2) is 11.1. The lowest BCUT2D eigenvalue weighted by Crippen LogP contribution is -2.41. The monoisotopic (exact) mass is 437 g/mol. The summed E-state index contributed by atoms with van der Waals surface area (Å²) in [4.78, 5) is 29.8. The third kappa shape index (κ3) is 8.47. The molecule has 0 bridgehead atoms. The predicted molar refractivity (Wildman–Crippen MR) is 107 cm³/mol. The van der Waals surface area contributed by atoms with Crippen LogP contribution in [0.3, 0.4) is 0 Å². The van der Waals surface area contributed by atoms with Crippen LogP contribution in [0.25, 0.3) is 0 Å². The van der Waals surface area contributed by atoms with Gasteiger partial charge in [0.2, 0.25) is 5.88 Å². The van der Waals surface area contributed by atoms with E-state index in [9.17, 15) is 18.0 Å². The molecule has 1 aromatic carbocycles. The van der Waals surface area contributed by atoms with Gasteiger partial charge < -0.3 is 19.6 Å². The van der Waals surface area contributed by atoms with Crippen LogP contribution < -0.4 is 4.74 Å². The second-order valence-corrected chi connectivity index (χ2v) is 6.62. The molecule has 0 radical (unpaired) electrons. The Hall–Kier alpha value is -3.40. The number of hydrogen-bond acceptors (Lipinski definition) is 6. The van der Waals surface area contributed by atoms with Crippen LogP contribution in [0.5, 0.6) is 11.6 Å². The van der Waals surface area contributed by atoms with E-state index < -0.39 is 12.1 Å². The number of para-hydroxylation sites is 1. The fraction of sp³-hybridized carbons (Fsp3) is 0.286. The van der Waals surface area contributed by atoms with Gasteiger partial charge in [0, 0.05) is 56.3 Å². The molecule has 1 aliphatic rings. The number of hydrogen-bond donors (Lipinski definition) is 1. The van der Waals surface area contributed by atoms with Gasteiger partial charge in [-0.1, -0.05) is 18.2 Å². The average Bonchev–Trinajstić information content (AvgIpc) is 2.74. The minimum Gasteiger partial charge on any atom is -0.475 e. The molecule has 0 amide bonds. The third-order valence-corrected chi connectivity index (χ3v) is 4.20. The minimum absolute atomic E-state index is 0.0484. The van der Waals surface area contributed by atoms with Crippen molar-refractivity contribution in [3.8, 4) is 11.6 Å². The van der Waals surface area contributed by atoms with Gasteiger partial charge in [0.25, 0.3) is 0 Å². The molecular weight excluding hydrogens is 415 g/mol. The number of ketones is 1. The summed E-state index contributed by atoms with van der Waals surface area (Å²) in [5.74, 6) is -1.61. The Labute approximate surface area is 177 Å². The van der Waals surface area contributed by atoms with Crippen molar-refractivity contribution in [1.82, 2.24) is 14.8 Å². The number of nitrogens with zero attached hydrogens (tertiary/aromatic N) is 3. The molecule has 1 fully saturated rings. The molecule has 2 aromatic rings. The summed E-state index contributed by atoms with van der Waals surface area (Å²) in [5.41, 5.74) is 0.556. The van der Waals surface area contributed by atoms with E-state index in [1.54, 1.807) is 24.4 Å². The Kier molecular flexibility index (Phi) is 8.56.